The van der Waals surface area contributed by atoms with Gasteiger partial charge in [-0.05, 0) is 26.3 Å². The molecule has 20 heavy (non-hydrogen) atoms. The van der Waals surface area contributed by atoms with Gasteiger partial charge in [0.15, 0.2) is 0 Å². The Bertz CT molecular complexity index is 449. The van der Waals surface area contributed by atoms with Crippen LogP contribution >= 0.6 is 0 Å². The van der Waals surface area contributed by atoms with E-state index in [-0.39, 0.29) is 11.9 Å². The zero-order chi connectivity index (χ0) is 15.1. The van der Waals surface area contributed by atoms with E-state index in [2.05, 4.69) is 5.32 Å². The molecule has 5 nitrogen and oxygen atoms in total. The molecule has 0 aliphatic heterocycles. The molecular weight excluding hydrogens is 254 g/mol. The van der Waals surface area contributed by atoms with Crippen molar-refractivity contribution >= 4 is 17.3 Å². The van der Waals surface area contributed by atoms with Gasteiger partial charge >= 0.3 is 0 Å². The molecule has 0 heterocycles. The number of anilines is 2. The van der Waals surface area contributed by atoms with Crippen LogP contribution in [0.5, 0.6) is 5.75 Å². The lowest BCUT2D eigenvalue weighted by Crippen LogP contribution is -2.38. The Kier molecular flexibility index (Phi) is 6.15. The molecule has 1 atom stereocenters. The van der Waals surface area contributed by atoms with E-state index in [0.29, 0.717) is 18.8 Å². The van der Waals surface area contributed by atoms with Crippen LogP contribution in [0.2, 0.25) is 0 Å². The molecule has 0 fully saturated rings. The van der Waals surface area contributed by atoms with Crippen molar-refractivity contribution in [1.82, 2.24) is 4.90 Å². The third-order valence-corrected chi connectivity index (χ3v) is 3.01. The summed E-state index contributed by atoms with van der Waals surface area (Å²) in [7, 11) is 1.79. The molecule has 0 aromatic heterocycles. The molecule has 1 rings (SSSR count). The summed E-state index contributed by atoms with van der Waals surface area (Å²) in [5.41, 5.74) is 7.26. The number of hydrogen-bond acceptors (Lipinski definition) is 4. The van der Waals surface area contributed by atoms with Crippen molar-refractivity contribution in [1.29, 1.82) is 0 Å². The van der Waals surface area contributed by atoms with Gasteiger partial charge in [-0.3, -0.25) is 4.79 Å². The molecule has 112 valence electrons. The van der Waals surface area contributed by atoms with E-state index in [0.717, 1.165) is 17.9 Å². The Morgan fingerprint density at radius 3 is 2.70 bits per heavy atom. The van der Waals surface area contributed by atoms with Gasteiger partial charge in [0, 0.05) is 37.1 Å². The fourth-order valence-electron chi connectivity index (χ4n) is 1.81. The average Bonchev–Trinajstić information content (AvgIpc) is 2.42. The van der Waals surface area contributed by atoms with E-state index in [4.69, 9.17) is 10.5 Å². The molecule has 1 aromatic carbocycles. The molecule has 0 saturated carbocycles. The number of hydrogen-bond donors (Lipinski definition) is 2. The van der Waals surface area contributed by atoms with E-state index in [1.54, 1.807) is 24.1 Å². The van der Waals surface area contributed by atoms with Crippen LogP contribution in [0.4, 0.5) is 11.4 Å². The Labute approximate surface area is 121 Å². The second-order valence-electron chi connectivity index (χ2n) is 4.86. The summed E-state index contributed by atoms with van der Waals surface area (Å²) in [5.74, 6) is 0.767. The first-order valence-corrected chi connectivity index (χ1v) is 7.02. The first-order chi connectivity index (χ1) is 9.47. The standard InChI is InChI=1S/C15H25N3O2/c1-5-7-20-14-9-12(16)8-13(10-14)17-11(3)15(19)18(4)6-2/h8-11,17H,5-7,16H2,1-4H3. The zero-order valence-corrected chi connectivity index (χ0v) is 12.8. The Hall–Kier alpha value is -1.91. The van der Waals surface area contributed by atoms with Crippen molar-refractivity contribution in [2.45, 2.75) is 33.2 Å². The van der Waals surface area contributed by atoms with Gasteiger partial charge < -0.3 is 20.7 Å². The fourth-order valence-corrected chi connectivity index (χ4v) is 1.81. The molecule has 1 amide bonds. The van der Waals surface area contributed by atoms with Crippen molar-refractivity contribution in [3.8, 4) is 5.75 Å². The van der Waals surface area contributed by atoms with Crippen LogP contribution in [0.15, 0.2) is 18.2 Å². The van der Waals surface area contributed by atoms with Crippen molar-refractivity contribution < 1.29 is 9.53 Å². The molecule has 0 spiro atoms. The van der Waals surface area contributed by atoms with Gasteiger partial charge in [-0.25, -0.2) is 0 Å². The maximum atomic E-state index is 12.0. The molecule has 1 aromatic rings. The quantitative estimate of drug-likeness (QED) is 0.752. The predicted molar refractivity (Wildman–Crippen MR) is 83.0 cm³/mol. The van der Waals surface area contributed by atoms with E-state index in [1.807, 2.05) is 26.8 Å². The summed E-state index contributed by atoms with van der Waals surface area (Å²) in [6, 6.07) is 5.14. The van der Waals surface area contributed by atoms with Gasteiger partial charge in [0.1, 0.15) is 11.8 Å². The normalized spacial score (nSPS) is 11.8. The lowest BCUT2D eigenvalue weighted by Gasteiger charge is -2.21. The smallest absolute Gasteiger partial charge is 0.244 e. The van der Waals surface area contributed by atoms with E-state index in [1.165, 1.54) is 0 Å². The summed E-state index contributed by atoms with van der Waals surface area (Å²) in [5, 5.41) is 3.16. The van der Waals surface area contributed by atoms with Gasteiger partial charge in [-0.15, -0.1) is 0 Å². The second-order valence-corrected chi connectivity index (χ2v) is 4.86. The number of nitrogens with two attached hydrogens (primary N) is 1. The minimum Gasteiger partial charge on any atom is -0.493 e. The molecule has 0 saturated heterocycles. The van der Waals surface area contributed by atoms with Crippen molar-refractivity contribution in [2.24, 2.45) is 0 Å². The Morgan fingerprint density at radius 2 is 2.10 bits per heavy atom. The highest BCUT2D eigenvalue weighted by atomic mass is 16.5. The van der Waals surface area contributed by atoms with Crippen molar-refractivity contribution in [2.75, 3.05) is 31.2 Å². The lowest BCUT2D eigenvalue weighted by atomic mass is 10.2. The summed E-state index contributed by atoms with van der Waals surface area (Å²) in [6.07, 6.45) is 0.938. The second kappa shape index (κ2) is 7.62. The van der Waals surface area contributed by atoms with Crippen LogP contribution in [0.3, 0.4) is 0 Å². The first kappa shape index (κ1) is 16.1. The van der Waals surface area contributed by atoms with Crippen LogP contribution in [-0.2, 0) is 4.79 Å². The fraction of sp³-hybridized carbons (Fsp3) is 0.533. The van der Waals surface area contributed by atoms with Gasteiger partial charge in [-0.2, -0.15) is 0 Å². The summed E-state index contributed by atoms with van der Waals surface area (Å²) in [6.45, 7) is 7.17. The van der Waals surface area contributed by atoms with Crippen LogP contribution in [0.25, 0.3) is 0 Å². The number of rotatable bonds is 7. The van der Waals surface area contributed by atoms with Crippen LogP contribution in [0.1, 0.15) is 27.2 Å². The van der Waals surface area contributed by atoms with Gasteiger partial charge in [0.25, 0.3) is 0 Å². The van der Waals surface area contributed by atoms with E-state index in [9.17, 15) is 4.79 Å². The van der Waals surface area contributed by atoms with Gasteiger partial charge in [-0.1, -0.05) is 6.92 Å². The summed E-state index contributed by atoms with van der Waals surface area (Å²) in [4.78, 5) is 13.7. The molecular formula is C15H25N3O2. The van der Waals surface area contributed by atoms with Gasteiger partial charge in [0.05, 0.1) is 6.61 Å². The highest BCUT2D eigenvalue weighted by molar-refractivity contribution is 5.84. The van der Waals surface area contributed by atoms with E-state index < -0.39 is 0 Å². The Morgan fingerprint density at radius 1 is 1.40 bits per heavy atom. The predicted octanol–water partition coefficient (Wildman–Crippen LogP) is 2.34. The highest BCUT2D eigenvalue weighted by Crippen LogP contribution is 2.23. The van der Waals surface area contributed by atoms with Crippen LogP contribution in [0, 0.1) is 0 Å². The van der Waals surface area contributed by atoms with Crippen LogP contribution in [-0.4, -0.2) is 37.0 Å². The molecule has 0 aliphatic carbocycles. The molecule has 0 bridgehead atoms. The molecule has 0 radical (unpaired) electrons. The monoisotopic (exact) mass is 279 g/mol. The highest BCUT2D eigenvalue weighted by Gasteiger charge is 2.16. The summed E-state index contributed by atoms with van der Waals surface area (Å²) >= 11 is 0. The number of nitrogens with one attached hydrogen (secondary N) is 1. The molecule has 1 unspecified atom stereocenters. The lowest BCUT2D eigenvalue weighted by molar-refractivity contribution is -0.130. The zero-order valence-electron chi connectivity index (χ0n) is 12.8. The average molecular weight is 279 g/mol. The number of carbonyl (C=O) groups excluding carboxylic acids is 1. The van der Waals surface area contributed by atoms with Crippen molar-refractivity contribution in [3.63, 3.8) is 0 Å². The number of amides is 1. The number of likely N-dealkylation sites (N-methyl/N-ethyl adjacent to an activating group) is 1. The molecule has 0 aliphatic rings. The molecule has 5 heteroatoms. The van der Waals surface area contributed by atoms with Crippen molar-refractivity contribution in [3.05, 3.63) is 18.2 Å². The topological polar surface area (TPSA) is 67.6 Å². The maximum Gasteiger partial charge on any atom is 0.244 e. The summed E-state index contributed by atoms with van der Waals surface area (Å²) < 4.78 is 5.57. The largest absolute Gasteiger partial charge is 0.493 e. The minimum absolute atomic E-state index is 0.0472. The molecule has 3 N–H and O–H groups in total. The SMILES string of the molecule is CCCOc1cc(N)cc(NC(C)C(=O)N(C)CC)c1. The van der Waals surface area contributed by atoms with Crippen LogP contribution < -0.4 is 15.8 Å². The Balaban J connectivity index is 2.76. The number of nitrogen functional groups attached to an aromatic ring is 1. The number of carbonyl (C=O) groups is 1. The number of benzene rings is 1. The minimum atomic E-state index is -0.305. The number of nitrogens with zero attached hydrogens (tertiary/aromatic N) is 1. The first-order valence-electron chi connectivity index (χ1n) is 7.02. The third-order valence-electron chi connectivity index (χ3n) is 3.01. The number of ether oxygens (including phenoxy) is 1. The van der Waals surface area contributed by atoms with Gasteiger partial charge in [0.2, 0.25) is 5.91 Å². The maximum absolute atomic E-state index is 12.0. The van der Waals surface area contributed by atoms with E-state index >= 15 is 0 Å². The third kappa shape index (κ3) is 4.64.